The van der Waals surface area contributed by atoms with Crippen LogP contribution in [0.5, 0.6) is 0 Å². The highest BCUT2D eigenvalue weighted by Gasteiger charge is 2.56. The Bertz CT molecular complexity index is 496. The van der Waals surface area contributed by atoms with Crippen LogP contribution in [0, 0.1) is 28.6 Å². The summed E-state index contributed by atoms with van der Waals surface area (Å²) in [6, 6.07) is 0. The molecule has 0 amide bonds. The molecule has 138 valence electrons. The van der Waals surface area contributed by atoms with Crippen molar-refractivity contribution in [1.29, 1.82) is 0 Å². The molecular formula is C20H34O4. The molecule has 0 aromatic carbocycles. The minimum absolute atomic E-state index is 0.0158. The Kier molecular flexibility index (Phi) is 5.81. The average Bonchev–Trinajstić information content (AvgIpc) is 2.44. The molecule has 24 heavy (non-hydrogen) atoms. The highest BCUT2D eigenvalue weighted by Crippen LogP contribution is 2.60. The topological polar surface area (TPSA) is 77.8 Å². The van der Waals surface area contributed by atoms with E-state index in [-0.39, 0.29) is 29.3 Å². The van der Waals surface area contributed by atoms with E-state index in [4.69, 9.17) is 5.11 Å². The molecule has 0 aliphatic heterocycles. The Morgan fingerprint density at radius 1 is 1.29 bits per heavy atom. The number of carbonyl (C=O) groups is 1. The molecule has 0 spiro atoms. The van der Waals surface area contributed by atoms with Gasteiger partial charge in [-0.2, -0.15) is 0 Å². The van der Waals surface area contributed by atoms with Crippen LogP contribution in [-0.4, -0.2) is 34.0 Å². The average molecular weight is 338 g/mol. The molecule has 0 aromatic heterocycles. The maximum atomic E-state index is 11.8. The summed E-state index contributed by atoms with van der Waals surface area (Å²) < 4.78 is 0. The van der Waals surface area contributed by atoms with E-state index in [0.29, 0.717) is 11.5 Å². The molecule has 0 radical (unpaired) electrons. The Morgan fingerprint density at radius 3 is 2.54 bits per heavy atom. The molecule has 3 N–H and O–H groups in total. The van der Waals surface area contributed by atoms with E-state index in [1.54, 1.807) is 6.08 Å². The van der Waals surface area contributed by atoms with Gasteiger partial charge in [-0.1, -0.05) is 40.5 Å². The number of aliphatic hydroxyl groups is 2. The van der Waals surface area contributed by atoms with Crippen LogP contribution in [0.3, 0.4) is 0 Å². The molecular weight excluding hydrogens is 304 g/mol. The maximum absolute atomic E-state index is 11.8. The summed E-state index contributed by atoms with van der Waals surface area (Å²) in [5, 5.41) is 29.6. The minimum Gasteiger partial charge on any atom is -0.478 e. The van der Waals surface area contributed by atoms with Gasteiger partial charge in [0, 0.05) is 12.2 Å². The Balaban J connectivity index is 2.35. The Labute approximate surface area is 146 Å². The summed E-state index contributed by atoms with van der Waals surface area (Å²) in [6.07, 6.45) is 6.56. The summed E-state index contributed by atoms with van der Waals surface area (Å²) >= 11 is 0. The lowest BCUT2D eigenvalue weighted by atomic mass is 9.47. The number of rotatable bonds is 6. The summed E-state index contributed by atoms with van der Waals surface area (Å²) in [5.74, 6) is -0.434. The molecule has 0 heterocycles. The van der Waals surface area contributed by atoms with Gasteiger partial charge in [0.1, 0.15) is 0 Å². The number of aliphatic carboxylic acids is 1. The van der Waals surface area contributed by atoms with E-state index >= 15 is 0 Å². The van der Waals surface area contributed by atoms with E-state index in [2.05, 4.69) is 27.7 Å². The van der Waals surface area contributed by atoms with Crippen LogP contribution in [-0.2, 0) is 4.79 Å². The lowest BCUT2D eigenvalue weighted by Crippen LogP contribution is -2.55. The van der Waals surface area contributed by atoms with Crippen molar-refractivity contribution in [3.63, 3.8) is 0 Å². The molecule has 1 fully saturated rings. The van der Waals surface area contributed by atoms with Crippen molar-refractivity contribution in [2.75, 3.05) is 6.61 Å². The van der Waals surface area contributed by atoms with Gasteiger partial charge in [0.2, 0.25) is 0 Å². The highest BCUT2D eigenvalue weighted by atomic mass is 16.4. The quantitative estimate of drug-likeness (QED) is 0.691. The molecule has 0 bridgehead atoms. The van der Waals surface area contributed by atoms with Crippen LogP contribution in [0.4, 0.5) is 0 Å². The van der Waals surface area contributed by atoms with Gasteiger partial charge >= 0.3 is 5.97 Å². The Morgan fingerprint density at radius 2 is 1.96 bits per heavy atom. The summed E-state index contributed by atoms with van der Waals surface area (Å²) in [4.78, 5) is 11.8. The van der Waals surface area contributed by atoms with Crippen molar-refractivity contribution in [2.24, 2.45) is 28.6 Å². The first-order valence-corrected chi connectivity index (χ1v) is 9.37. The minimum atomic E-state index is -0.892. The number of carboxylic acids is 1. The third-order valence-electron chi connectivity index (χ3n) is 6.77. The molecule has 4 nitrogen and oxygen atoms in total. The van der Waals surface area contributed by atoms with Crippen molar-refractivity contribution < 1.29 is 20.1 Å². The summed E-state index contributed by atoms with van der Waals surface area (Å²) in [5.41, 5.74) is 0.236. The zero-order chi connectivity index (χ0) is 18.1. The van der Waals surface area contributed by atoms with Gasteiger partial charge in [-0.05, 0) is 60.3 Å². The van der Waals surface area contributed by atoms with Gasteiger partial charge < -0.3 is 15.3 Å². The van der Waals surface area contributed by atoms with E-state index in [1.807, 2.05) is 0 Å². The van der Waals surface area contributed by atoms with Crippen LogP contribution in [0.1, 0.15) is 66.2 Å². The molecule has 0 saturated heterocycles. The summed E-state index contributed by atoms with van der Waals surface area (Å²) in [6.45, 7) is 8.91. The van der Waals surface area contributed by atoms with E-state index in [1.165, 1.54) is 0 Å². The van der Waals surface area contributed by atoms with Crippen molar-refractivity contribution in [3.05, 3.63) is 11.6 Å². The van der Waals surface area contributed by atoms with Crippen molar-refractivity contribution in [1.82, 2.24) is 0 Å². The van der Waals surface area contributed by atoms with Crippen LogP contribution in [0.15, 0.2) is 11.6 Å². The first-order valence-electron chi connectivity index (χ1n) is 9.37. The second-order valence-electron chi connectivity index (χ2n) is 8.99. The van der Waals surface area contributed by atoms with Crippen molar-refractivity contribution >= 4 is 5.97 Å². The van der Waals surface area contributed by atoms with Gasteiger partial charge in [0.25, 0.3) is 0 Å². The third-order valence-corrected chi connectivity index (χ3v) is 6.77. The SMILES string of the molecule is CC(CCO)CCC1C(C(=O)O)=CC(O)C2C(C)(C)CCCC12C. The van der Waals surface area contributed by atoms with E-state index in [9.17, 15) is 15.0 Å². The smallest absolute Gasteiger partial charge is 0.331 e. The number of aliphatic hydroxyl groups excluding tert-OH is 2. The second kappa shape index (κ2) is 7.17. The normalized spacial score (nSPS) is 36.6. The van der Waals surface area contributed by atoms with Gasteiger partial charge in [-0.15, -0.1) is 0 Å². The summed E-state index contributed by atoms with van der Waals surface area (Å²) in [7, 11) is 0. The lowest BCUT2D eigenvalue weighted by molar-refractivity contribution is -0.139. The predicted octanol–water partition coefficient (Wildman–Crippen LogP) is 3.62. The first-order chi connectivity index (χ1) is 11.1. The zero-order valence-corrected chi connectivity index (χ0v) is 15.6. The van der Waals surface area contributed by atoms with E-state index in [0.717, 1.165) is 38.5 Å². The predicted molar refractivity (Wildman–Crippen MR) is 94.5 cm³/mol. The number of fused-ring (bicyclic) bond motifs is 1. The molecule has 0 aromatic rings. The Hall–Kier alpha value is -0.870. The second-order valence-corrected chi connectivity index (χ2v) is 8.99. The van der Waals surface area contributed by atoms with Gasteiger partial charge in [0.05, 0.1) is 6.10 Å². The highest BCUT2D eigenvalue weighted by molar-refractivity contribution is 5.87. The molecule has 4 heteroatoms. The van der Waals surface area contributed by atoms with Gasteiger partial charge in [-0.3, -0.25) is 0 Å². The van der Waals surface area contributed by atoms with Crippen molar-refractivity contribution in [2.45, 2.75) is 72.3 Å². The van der Waals surface area contributed by atoms with Crippen LogP contribution in [0.2, 0.25) is 0 Å². The number of hydrogen-bond acceptors (Lipinski definition) is 3. The van der Waals surface area contributed by atoms with Crippen molar-refractivity contribution in [3.8, 4) is 0 Å². The largest absolute Gasteiger partial charge is 0.478 e. The number of hydrogen-bond donors (Lipinski definition) is 3. The molecule has 2 aliphatic rings. The fourth-order valence-electron chi connectivity index (χ4n) is 5.64. The molecule has 5 atom stereocenters. The monoisotopic (exact) mass is 338 g/mol. The molecule has 5 unspecified atom stereocenters. The fraction of sp³-hybridized carbons (Fsp3) is 0.850. The molecule has 2 rings (SSSR count). The zero-order valence-electron chi connectivity index (χ0n) is 15.6. The van der Waals surface area contributed by atoms with Crippen LogP contribution in [0.25, 0.3) is 0 Å². The van der Waals surface area contributed by atoms with E-state index < -0.39 is 12.1 Å². The van der Waals surface area contributed by atoms with Gasteiger partial charge in [0.15, 0.2) is 0 Å². The standard InChI is InChI=1S/C20H34O4/c1-13(8-11-21)6-7-15-14(18(23)24)12-16(22)17-19(2,3)9-5-10-20(15,17)4/h12-13,15-17,21-22H,5-11H2,1-4H3,(H,23,24). The lowest BCUT2D eigenvalue weighted by Gasteiger charge is -2.58. The first kappa shape index (κ1) is 19.5. The molecule has 2 aliphatic carbocycles. The van der Waals surface area contributed by atoms with Gasteiger partial charge in [-0.25, -0.2) is 4.79 Å². The fourth-order valence-corrected chi connectivity index (χ4v) is 5.64. The van der Waals surface area contributed by atoms with Crippen LogP contribution >= 0.6 is 0 Å². The number of carboxylic acid groups (broad SMARTS) is 1. The van der Waals surface area contributed by atoms with Crippen LogP contribution < -0.4 is 0 Å². The molecule has 1 saturated carbocycles. The maximum Gasteiger partial charge on any atom is 0.331 e. The third kappa shape index (κ3) is 3.55.